The van der Waals surface area contributed by atoms with Crippen molar-refractivity contribution in [3.8, 4) is 11.5 Å². The van der Waals surface area contributed by atoms with Gasteiger partial charge in [-0.2, -0.15) is 0 Å². The van der Waals surface area contributed by atoms with E-state index in [0.717, 1.165) is 16.3 Å². The zero-order chi connectivity index (χ0) is 18.8. The summed E-state index contributed by atoms with van der Waals surface area (Å²) in [4.78, 5) is 39.3. The first-order chi connectivity index (χ1) is 13.1. The molecule has 27 heavy (non-hydrogen) atoms. The highest BCUT2D eigenvalue weighted by atomic mass is 16.7. The maximum atomic E-state index is 12.5. The van der Waals surface area contributed by atoms with Crippen LogP contribution in [-0.2, 0) is 13.1 Å². The molecule has 0 bridgehead atoms. The second-order valence-electron chi connectivity index (χ2n) is 5.85. The number of benzene rings is 1. The lowest BCUT2D eigenvalue weighted by molar-refractivity contribution is 0.0948. The van der Waals surface area contributed by atoms with Crippen molar-refractivity contribution in [3.63, 3.8) is 0 Å². The van der Waals surface area contributed by atoms with Gasteiger partial charge in [0.05, 0.1) is 12.8 Å². The van der Waals surface area contributed by atoms with E-state index in [4.69, 9.17) is 13.9 Å². The van der Waals surface area contributed by atoms with E-state index in [9.17, 15) is 14.4 Å². The molecule has 0 aliphatic carbocycles. The van der Waals surface area contributed by atoms with Gasteiger partial charge < -0.3 is 24.2 Å². The summed E-state index contributed by atoms with van der Waals surface area (Å²) in [6, 6.07) is 8.58. The number of aromatic nitrogens is 2. The van der Waals surface area contributed by atoms with Crippen molar-refractivity contribution in [2.75, 3.05) is 6.79 Å². The molecule has 1 aromatic carbocycles. The van der Waals surface area contributed by atoms with Crippen LogP contribution in [0.4, 0.5) is 0 Å². The summed E-state index contributed by atoms with van der Waals surface area (Å²) < 4.78 is 16.6. The number of rotatable bonds is 5. The third kappa shape index (κ3) is 3.34. The lowest BCUT2D eigenvalue weighted by Crippen LogP contribution is -2.40. The van der Waals surface area contributed by atoms with Gasteiger partial charge in [-0.3, -0.25) is 14.2 Å². The van der Waals surface area contributed by atoms with Crippen molar-refractivity contribution < 1.29 is 18.7 Å². The molecule has 9 nitrogen and oxygen atoms in total. The van der Waals surface area contributed by atoms with Gasteiger partial charge >= 0.3 is 5.69 Å². The van der Waals surface area contributed by atoms with Crippen LogP contribution in [0.2, 0.25) is 0 Å². The molecular formula is C18H15N3O6. The minimum atomic E-state index is -0.696. The predicted molar refractivity (Wildman–Crippen MR) is 92.9 cm³/mol. The van der Waals surface area contributed by atoms with Crippen molar-refractivity contribution in [1.82, 2.24) is 14.9 Å². The Bertz CT molecular complexity index is 1100. The molecule has 0 saturated carbocycles. The van der Waals surface area contributed by atoms with E-state index in [0.29, 0.717) is 17.3 Å². The Morgan fingerprint density at radius 2 is 2.04 bits per heavy atom. The number of carbonyl (C=O) groups is 1. The summed E-state index contributed by atoms with van der Waals surface area (Å²) in [5, 5.41) is 2.66. The van der Waals surface area contributed by atoms with E-state index in [1.807, 2.05) is 0 Å². The van der Waals surface area contributed by atoms with Crippen LogP contribution in [0.25, 0.3) is 0 Å². The molecule has 2 N–H and O–H groups in total. The van der Waals surface area contributed by atoms with Crippen LogP contribution in [0.3, 0.4) is 0 Å². The Morgan fingerprint density at radius 3 is 2.85 bits per heavy atom. The Balaban J connectivity index is 1.52. The average Bonchev–Trinajstić information content (AvgIpc) is 3.34. The minimum Gasteiger partial charge on any atom is -0.467 e. The van der Waals surface area contributed by atoms with Crippen LogP contribution >= 0.6 is 0 Å². The number of hydrogen-bond donors (Lipinski definition) is 2. The third-order valence-corrected chi connectivity index (χ3v) is 4.09. The highest BCUT2D eigenvalue weighted by Gasteiger charge is 2.17. The van der Waals surface area contributed by atoms with Gasteiger partial charge in [-0.05, 0) is 29.8 Å². The molecule has 3 aromatic rings. The van der Waals surface area contributed by atoms with Crippen LogP contribution in [0, 0.1) is 0 Å². The molecule has 4 rings (SSSR count). The van der Waals surface area contributed by atoms with Crippen molar-refractivity contribution in [1.29, 1.82) is 0 Å². The van der Waals surface area contributed by atoms with E-state index in [2.05, 4.69) is 10.3 Å². The number of furan rings is 1. The smallest absolute Gasteiger partial charge is 0.328 e. The number of aromatic amines is 1. The monoisotopic (exact) mass is 369 g/mol. The first-order valence-electron chi connectivity index (χ1n) is 8.13. The molecule has 0 fully saturated rings. The Morgan fingerprint density at radius 1 is 1.19 bits per heavy atom. The summed E-state index contributed by atoms with van der Waals surface area (Å²) in [6.45, 7) is 0.286. The van der Waals surface area contributed by atoms with Gasteiger partial charge in [0, 0.05) is 12.7 Å². The molecule has 138 valence electrons. The predicted octanol–water partition coefficient (Wildman–Crippen LogP) is 0.837. The molecule has 1 amide bonds. The number of amides is 1. The van der Waals surface area contributed by atoms with Crippen molar-refractivity contribution in [2.45, 2.75) is 13.1 Å². The molecule has 1 aliphatic heterocycles. The molecule has 1 aliphatic rings. The fourth-order valence-electron chi connectivity index (χ4n) is 2.70. The highest BCUT2D eigenvalue weighted by Crippen LogP contribution is 2.32. The van der Waals surface area contributed by atoms with Gasteiger partial charge in [0.15, 0.2) is 11.5 Å². The largest absolute Gasteiger partial charge is 0.467 e. The second-order valence-corrected chi connectivity index (χ2v) is 5.85. The molecule has 0 atom stereocenters. The Kier molecular flexibility index (Phi) is 4.25. The van der Waals surface area contributed by atoms with Crippen LogP contribution in [0.15, 0.2) is 56.8 Å². The van der Waals surface area contributed by atoms with E-state index in [1.54, 1.807) is 30.3 Å². The summed E-state index contributed by atoms with van der Waals surface area (Å²) in [7, 11) is 0. The van der Waals surface area contributed by atoms with Gasteiger partial charge in [-0.25, -0.2) is 4.79 Å². The van der Waals surface area contributed by atoms with Gasteiger partial charge in [-0.15, -0.1) is 0 Å². The van der Waals surface area contributed by atoms with Gasteiger partial charge in [0.25, 0.3) is 11.5 Å². The molecule has 0 unspecified atom stereocenters. The zero-order valence-corrected chi connectivity index (χ0v) is 14.1. The number of hydrogen-bond acceptors (Lipinski definition) is 6. The number of H-pyrrole nitrogens is 1. The maximum Gasteiger partial charge on any atom is 0.328 e. The molecule has 3 heterocycles. The van der Waals surface area contributed by atoms with Crippen molar-refractivity contribution >= 4 is 5.91 Å². The second kappa shape index (κ2) is 6.87. The van der Waals surface area contributed by atoms with Gasteiger partial charge in [0.2, 0.25) is 6.79 Å². The normalized spacial score (nSPS) is 12.1. The SMILES string of the molecule is O=C(NCc1ccc2c(c1)OCO2)c1c[nH]c(=O)n(Cc2ccco2)c1=O. The Hall–Kier alpha value is -3.75. The van der Waals surface area contributed by atoms with Crippen LogP contribution in [-0.4, -0.2) is 22.3 Å². The number of fused-ring (bicyclic) bond motifs is 1. The fourth-order valence-corrected chi connectivity index (χ4v) is 2.70. The summed E-state index contributed by atoms with van der Waals surface area (Å²) in [6.07, 6.45) is 2.55. The minimum absolute atomic E-state index is 0.0650. The summed E-state index contributed by atoms with van der Waals surface area (Å²) in [5.74, 6) is 1.08. The molecule has 0 spiro atoms. The highest BCUT2D eigenvalue weighted by molar-refractivity contribution is 5.93. The van der Waals surface area contributed by atoms with Crippen molar-refractivity contribution in [3.05, 3.63) is 80.5 Å². The zero-order valence-electron chi connectivity index (χ0n) is 14.1. The first kappa shape index (κ1) is 16.7. The van der Waals surface area contributed by atoms with Crippen LogP contribution in [0.5, 0.6) is 11.5 Å². The lowest BCUT2D eigenvalue weighted by Gasteiger charge is -2.08. The van der Waals surface area contributed by atoms with Gasteiger partial charge in [0.1, 0.15) is 11.3 Å². The average molecular weight is 369 g/mol. The number of carbonyl (C=O) groups excluding carboxylic acids is 1. The van der Waals surface area contributed by atoms with Crippen molar-refractivity contribution in [2.24, 2.45) is 0 Å². The topological polar surface area (TPSA) is 116 Å². The molecule has 0 saturated heterocycles. The van der Waals surface area contributed by atoms with E-state index < -0.39 is 17.2 Å². The molecule has 9 heteroatoms. The quantitative estimate of drug-likeness (QED) is 0.688. The molecule has 2 aromatic heterocycles. The first-order valence-corrected chi connectivity index (χ1v) is 8.13. The van der Waals surface area contributed by atoms with E-state index in [1.165, 1.54) is 6.26 Å². The Labute approximate surface area is 152 Å². The number of nitrogens with one attached hydrogen (secondary N) is 2. The number of ether oxygens (including phenoxy) is 2. The maximum absolute atomic E-state index is 12.5. The van der Waals surface area contributed by atoms with Crippen LogP contribution in [0.1, 0.15) is 21.7 Å². The summed E-state index contributed by atoms with van der Waals surface area (Å²) >= 11 is 0. The number of nitrogens with zero attached hydrogens (tertiary/aromatic N) is 1. The lowest BCUT2D eigenvalue weighted by atomic mass is 10.2. The van der Waals surface area contributed by atoms with Crippen LogP contribution < -0.4 is 26.0 Å². The third-order valence-electron chi connectivity index (χ3n) is 4.09. The van der Waals surface area contributed by atoms with E-state index in [-0.39, 0.29) is 25.4 Å². The standard InChI is InChI=1S/C18H15N3O6/c22-16(19-7-11-3-4-14-15(6-11)27-10-26-14)13-8-20-18(24)21(17(13)23)9-12-2-1-5-25-12/h1-6,8H,7,9-10H2,(H,19,22)(H,20,24). The van der Waals surface area contributed by atoms with Gasteiger partial charge in [-0.1, -0.05) is 6.07 Å². The molecular weight excluding hydrogens is 354 g/mol. The summed E-state index contributed by atoms with van der Waals surface area (Å²) in [5.41, 5.74) is -0.697. The molecule has 0 radical (unpaired) electrons. The van der Waals surface area contributed by atoms with E-state index >= 15 is 0 Å². The fraction of sp³-hybridized carbons (Fsp3) is 0.167.